The summed E-state index contributed by atoms with van der Waals surface area (Å²) in [4.78, 5) is 10.2. The van der Waals surface area contributed by atoms with Crippen molar-refractivity contribution in [2.45, 2.75) is 0 Å². The molecule has 0 unspecified atom stereocenters. The van der Waals surface area contributed by atoms with Gasteiger partial charge in [-0.15, -0.1) is 0 Å². The molecule has 0 aromatic heterocycles. The number of anilines is 1. The Hall–Kier alpha value is -0.710. The van der Waals surface area contributed by atoms with E-state index in [1.54, 1.807) is 0 Å². The third-order valence-corrected chi connectivity index (χ3v) is 1.15. The van der Waals surface area contributed by atoms with Crippen molar-refractivity contribution >= 4 is 11.7 Å². The molecule has 1 aromatic rings. The van der Waals surface area contributed by atoms with E-state index >= 15 is 0 Å². The van der Waals surface area contributed by atoms with E-state index in [1.165, 1.54) is 24.3 Å². The second kappa shape index (κ2) is 16.7. The van der Waals surface area contributed by atoms with Crippen molar-refractivity contribution in [3.63, 3.8) is 0 Å². The molecule has 92 valence electrons. The van der Waals surface area contributed by atoms with Gasteiger partial charge in [-0.3, -0.25) is 0 Å². The minimum absolute atomic E-state index is 0. The summed E-state index contributed by atoms with van der Waals surface area (Å²) in [6, 6.07) is 5.85. The topological polar surface area (TPSA) is 224 Å². The van der Waals surface area contributed by atoms with Gasteiger partial charge in [-0.2, -0.15) is 0 Å². The Balaban J connectivity index is -0.0000000417. The molecule has 8 nitrogen and oxygen atoms in total. The third-order valence-electron chi connectivity index (χ3n) is 1.15. The fourth-order valence-electron chi connectivity index (χ4n) is 0.619. The Morgan fingerprint density at radius 1 is 0.938 bits per heavy atom. The number of benzene rings is 1. The number of carbonyl (C=O) groups excluding carboxylic acids is 1. The third kappa shape index (κ3) is 11.4. The molecule has 0 fully saturated rings. The van der Waals surface area contributed by atoms with Gasteiger partial charge in [-0.1, -0.05) is 12.1 Å². The Morgan fingerprint density at radius 3 is 1.50 bits per heavy atom. The van der Waals surface area contributed by atoms with E-state index in [9.17, 15) is 9.90 Å². The standard InChI is InChI=1S/C7H7NO2.Na.5H2O/c8-6-3-1-5(2-4-6)7(9)10;;;;;;/h1-4H,8H2,(H,9,10);;5*1H2/q;+1;;;;;/p-1. The number of rotatable bonds is 1. The van der Waals surface area contributed by atoms with Gasteiger partial charge in [0.25, 0.3) is 0 Å². The van der Waals surface area contributed by atoms with E-state index in [1.807, 2.05) is 0 Å². The minimum Gasteiger partial charge on any atom is -0.545 e. The van der Waals surface area contributed by atoms with E-state index < -0.39 is 5.97 Å². The summed E-state index contributed by atoms with van der Waals surface area (Å²) in [5, 5.41) is 10.2. The molecule has 0 spiro atoms. The van der Waals surface area contributed by atoms with Crippen LogP contribution in [0.25, 0.3) is 0 Å². The SMILES string of the molecule is Nc1ccc(C(=O)[O-])cc1.O.O.O.O.O.[Na+]. The summed E-state index contributed by atoms with van der Waals surface area (Å²) >= 11 is 0. The van der Waals surface area contributed by atoms with Crippen molar-refractivity contribution in [1.82, 2.24) is 0 Å². The average Bonchev–Trinajstić information content (AvgIpc) is 1.88. The van der Waals surface area contributed by atoms with Crippen LogP contribution < -0.4 is 40.4 Å². The Kier molecular flexibility index (Phi) is 37.8. The summed E-state index contributed by atoms with van der Waals surface area (Å²) in [5.41, 5.74) is 6.01. The van der Waals surface area contributed by atoms with Crippen LogP contribution in [0.5, 0.6) is 0 Å². The van der Waals surface area contributed by atoms with Crippen LogP contribution in [0.15, 0.2) is 24.3 Å². The molecule has 9 heteroatoms. The number of carboxylic acids is 1. The normalized spacial score (nSPS) is 5.75. The fourth-order valence-corrected chi connectivity index (χ4v) is 0.619. The molecule has 0 atom stereocenters. The van der Waals surface area contributed by atoms with Crippen LogP contribution in [0.3, 0.4) is 0 Å². The zero-order valence-electron chi connectivity index (χ0n) is 8.70. The minimum atomic E-state index is -1.18. The zero-order chi connectivity index (χ0) is 7.56. The summed E-state index contributed by atoms with van der Waals surface area (Å²) in [5.74, 6) is -1.18. The van der Waals surface area contributed by atoms with Crippen LogP contribution in [0.1, 0.15) is 10.4 Å². The molecule has 0 saturated carbocycles. The predicted octanol–water partition coefficient (Wildman–Crippen LogP) is -7.49. The molecular weight excluding hydrogens is 233 g/mol. The van der Waals surface area contributed by atoms with Crippen molar-refractivity contribution in [2.24, 2.45) is 0 Å². The van der Waals surface area contributed by atoms with Gasteiger partial charge in [0.2, 0.25) is 0 Å². The quantitative estimate of drug-likeness (QED) is 0.378. The number of nitrogens with two attached hydrogens (primary N) is 1. The number of carbonyl (C=O) groups is 1. The van der Waals surface area contributed by atoms with Crippen molar-refractivity contribution in [2.75, 3.05) is 5.73 Å². The zero-order valence-corrected chi connectivity index (χ0v) is 10.7. The van der Waals surface area contributed by atoms with Gasteiger partial charge >= 0.3 is 29.6 Å². The molecule has 0 bridgehead atoms. The molecule has 0 aliphatic rings. The van der Waals surface area contributed by atoms with Crippen LogP contribution >= 0.6 is 0 Å². The summed E-state index contributed by atoms with van der Waals surface area (Å²) < 4.78 is 0. The van der Waals surface area contributed by atoms with E-state index in [0.29, 0.717) is 5.69 Å². The van der Waals surface area contributed by atoms with Crippen LogP contribution in [0.2, 0.25) is 0 Å². The maximum absolute atomic E-state index is 10.2. The van der Waals surface area contributed by atoms with Crippen LogP contribution in [-0.2, 0) is 0 Å². The van der Waals surface area contributed by atoms with Crippen molar-refractivity contribution in [3.05, 3.63) is 29.8 Å². The van der Waals surface area contributed by atoms with Gasteiger partial charge in [0.1, 0.15) is 0 Å². The number of hydrogen-bond donors (Lipinski definition) is 1. The van der Waals surface area contributed by atoms with Gasteiger partial charge in [0.05, 0.1) is 5.97 Å². The first-order valence-electron chi connectivity index (χ1n) is 2.77. The second-order valence-corrected chi connectivity index (χ2v) is 1.91. The smallest absolute Gasteiger partial charge is 0.545 e. The Bertz CT molecular complexity index is 253. The van der Waals surface area contributed by atoms with Crippen LogP contribution in [0, 0.1) is 0 Å². The van der Waals surface area contributed by atoms with Crippen molar-refractivity contribution in [3.8, 4) is 0 Å². The second-order valence-electron chi connectivity index (χ2n) is 1.91. The number of aromatic carboxylic acids is 1. The van der Waals surface area contributed by atoms with Gasteiger partial charge in [0, 0.05) is 5.69 Å². The largest absolute Gasteiger partial charge is 1.00 e. The first-order valence-corrected chi connectivity index (χ1v) is 2.77. The first-order chi connectivity index (χ1) is 4.70. The first kappa shape index (κ1) is 36.2. The molecule has 0 aliphatic heterocycles. The fraction of sp³-hybridized carbons (Fsp3) is 0. The summed E-state index contributed by atoms with van der Waals surface area (Å²) in [6.07, 6.45) is 0. The Morgan fingerprint density at radius 2 is 1.25 bits per heavy atom. The number of hydrogen-bond acceptors (Lipinski definition) is 3. The van der Waals surface area contributed by atoms with E-state index in [2.05, 4.69) is 0 Å². The van der Waals surface area contributed by atoms with Gasteiger partial charge in [-0.25, -0.2) is 0 Å². The van der Waals surface area contributed by atoms with Gasteiger partial charge in [0.15, 0.2) is 0 Å². The van der Waals surface area contributed by atoms with E-state index in [-0.39, 0.29) is 62.5 Å². The van der Waals surface area contributed by atoms with Crippen molar-refractivity contribution in [1.29, 1.82) is 0 Å². The molecule has 0 amide bonds. The summed E-state index contributed by atoms with van der Waals surface area (Å²) in [7, 11) is 0. The number of nitrogen functional groups attached to an aromatic ring is 1. The average molecular weight is 249 g/mol. The molecule has 1 rings (SSSR count). The molecule has 0 radical (unpaired) electrons. The molecule has 1 aromatic carbocycles. The van der Waals surface area contributed by atoms with E-state index in [0.717, 1.165) is 0 Å². The van der Waals surface area contributed by atoms with Gasteiger partial charge in [-0.05, 0) is 17.7 Å². The predicted molar refractivity (Wildman–Crippen MR) is 53.3 cm³/mol. The number of carboxylic acid groups (broad SMARTS) is 1. The molecular formula is C7H16NNaO7. The van der Waals surface area contributed by atoms with Crippen LogP contribution in [0.4, 0.5) is 5.69 Å². The molecule has 0 saturated heterocycles. The molecule has 16 heavy (non-hydrogen) atoms. The van der Waals surface area contributed by atoms with Crippen molar-refractivity contribution < 1.29 is 66.8 Å². The Labute approximate surface area is 114 Å². The maximum Gasteiger partial charge on any atom is 1.00 e. The van der Waals surface area contributed by atoms with E-state index in [4.69, 9.17) is 5.73 Å². The molecule has 0 heterocycles. The molecule has 12 N–H and O–H groups in total. The monoisotopic (exact) mass is 249 g/mol. The van der Waals surface area contributed by atoms with Crippen LogP contribution in [-0.4, -0.2) is 33.4 Å². The molecule has 0 aliphatic carbocycles. The maximum atomic E-state index is 10.2. The van der Waals surface area contributed by atoms with Gasteiger partial charge < -0.3 is 43.0 Å². The summed E-state index contributed by atoms with van der Waals surface area (Å²) in [6.45, 7) is 0.